The summed E-state index contributed by atoms with van der Waals surface area (Å²) >= 11 is 0. The van der Waals surface area contributed by atoms with Crippen LogP contribution in [0.2, 0.25) is 0 Å². The van der Waals surface area contributed by atoms with Crippen LogP contribution in [0.25, 0.3) is 16.4 Å². The maximum atomic E-state index is 14.4. The number of aryl methyl sites for hydroxylation is 2. The van der Waals surface area contributed by atoms with Crippen molar-refractivity contribution in [2.24, 2.45) is 89.0 Å². The Bertz CT molecular complexity index is 3600. The second kappa shape index (κ2) is 28.5. The minimum atomic E-state index is -5.07. The first-order valence-corrected chi connectivity index (χ1v) is 32.2. The van der Waals surface area contributed by atoms with Gasteiger partial charge in [0.2, 0.25) is 35.4 Å². The quantitative estimate of drug-likeness (QED) is 0.0453. The van der Waals surface area contributed by atoms with Crippen LogP contribution in [0.3, 0.4) is 0 Å². The van der Waals surface area contributed by atoms with Gasteiger partial charge >= 0.3 is 30.6 Å². The number of nitrogens with two attached hydrogens (primary N) is 5. The summed E-state index contributed by atoms with van der Waals surface area (Å²) in [4.78, 5) is 125. The summed E-state index contributed by atoms with van der Waals surface area (Å²) in [6, 6.07) is 2.66. The van der Waals surface area contributed by atoms with E-state index in [-0.39, 0.29) is 87.5 Å². The van der Waals surface area contributed by atoms with E-state index in [4.69, 9.17) is 74.6 Å². The van der Waals surface area contributed by atoms with E-state index in [9.17, 15) is 58.3 Å². The summed E-state index contributed by atoms with van der Waals surface area (Å²) in [7, 11) is -5.07. The fourth-order valence-electron chi connectivity index (χ4n) is 15.3. The third kappa shape index (κ3) is 14.6. The molecule has 1 aromatic carbocycles. The Morgan fingerprint density at radius 2 is 1.41 bits per heavy atom. The number of carbonyl (C=O) groups is 7. The number of aliphatic carboxylic acids is 1. The van der Waals surface area contributed by atoms with Crippen molar-refractivity contribution in [1.29, 1.82) is 5.26 Å². The topological polar surface area (TPSA) is 480 Å². The van der Waals surface area contributed by atoms with Crippen LogP contribution in [0.15, 0.2) is 67.8 Å². The molecule has 0 spiro atoms. The molecule has 7 heterocycles. The third-order valence-electron chi connectivity index (χ3n) is 20.5. The van der Waals surface area contributed by atoms with Crippen molar-refractivity contribution < 1.29 is 88.9 Å². The van der Waals surface area contributed by atoms with Gasteiger partial charge in [0, 0.05) is 102 Å². The molecule has 6 amide bonds. The molecule has 2 unspecified atom stereocenters. The number of carbonyl (C=O) groups excluding carboxylic acids is 6. The molecule has 28 nitrogen and oxygen atoms in total. The molecule has 1 aromatic heterocycles. The maximum Gasteiger partial charge on any atom is 2.00 e. The fraction of sp³-hybridized carbons (Fsp3) is 0.619. The number of carboxylic acids is 1. The van der Waals surface area contributed by atoms with Gasteiger partial charge in [-0.15, -0.1) is 0 Å². The number of carboxylic acid groups (broad SMARTS) is 1. The monoisotopic (exact) mass is 1360 g/mol. The number of aromatic nitrogens is 2. The minimum Gasteiger partial charge on any atom is -0.682 e. The van der Waals surface area contributed by atoms with Gasteiger partial charge in [-0.1, -0.05) is 40.7 Å². The van der Waals surface area contributed by atoms with E-state index >= 15 is 0 Å². The molecule has 15 atom stereocenters. The Morgan fingerprint density at radius 1 is 0.817 bits per heavy atom. The first-order chi connectivity index (χ1) is 42.8. The molecule has 6 aliphatic heterocycles. The molecule has 30 heteroatoms. The van der Waals surface area contributed by atoms with E-state index in [0.717, 1.165) is 11.1 Å². The number of ether oxygens (including phenoxy) is 1. The van der Waals surface area contributed by atoms with E-state index in [1.54, 1.807) is 38.3 Å². The third-order valence-corrected chi connectivity index (χ3v) is 21.6. The zero-order valence-corrected chi connectivity index (χ0v) is 56.3. The average molecular weight is 1360 g/mol. The Hall–Kier alpha value is -7.00. The number of nitrogens with zero attached hydrogens (tertiary/aromatic N) is 7. The van der Waals surface area contributed by atoms with E-state index in [1.165, 1.54) is 13.3 Å². The SMILES string of the molecule is C/C1=C2/[N-][C@H]([C@H](CC(N)=O)[C@@]2(C)CCC(=O)NCC(C)OP(=O)(O)O[C@H]2[C@@H](O)[C@@H](n3cnc4cc(C)c(C)cc43)O[C@@H]2CO)[C@]2(C)N=C(/C(C)=C3N=C(/C=C4N=C1[C@@H](CCC(N)=O)C\4(C)C)[C@H](CCC(N)=O)[C@]\3(C)CC(=O)O)[C@@H](CCC(N)=O)[C@]2(C)CC(N)=O.[C-]#N.[Co+2]. The molecule has 8 bridgehead atoms. The normalized spacial score (nSPS) is 33.1. The number of primary amides is 5. The predicted octanol–water partition coefficient (Wildman–Crippen LogP) is 4.64. The Morgan fingerprint density at radius 3 is 1.98 bits per heavy atom. The van der Waals surface area contributed by atoms with Crippen LogP contribution >= 0.6 is 7.82 Å². The summed E-state index contributed by atoms with van der Waals surface area (Å²) in [6.45, 7) is 23.6. The smallest absolute Gasteiger partial charge is 0.682 e. The van der Waals surface area contributed by atoms with Crippen LogP contribution in [-0.2, 0) is 68.7 Å². The van der Waals surface area contributed by atoms with Crippen molar-refractivity contribution in [3.05, 3.63) is 75.8 Å². The standard InChI is InChI=1S/C62H89N12O15P.CN.Co/c1-29-20-39-40(21-30(29)2)74(28-69-39)57-52(84)53(41(27-75)87-57)89-90(85,86)88-31(3)26-68-48(81)18-19-59(8)37(22-46(66)79)56-62(11)61(10,24-47(67)80)36(14-17-45(65)78)51(73-62)33(5)55-60(9,25-49(82)83)34(12-15-43(63)76)38(70-55)23-42-58(6,7)35(13-16-44(64)77)50(71-42)32(4)54(59)72-56;1-2;/h20-21,23,28,31,34-37,41,52-53,56-57,75,84H,12-19,22,24-27H2,1-11H3,(H14,63,64,65,66,67,68,70,71,72,73,76,77,78,79,80,81,82,83,85,86);;/q;-1;+2/p-1/t31?,34-,35+,36+,37-,41+,52+,53+,56+,57-,59+,60-,61-,62-;;/m0../s1. The molecule has 509 valence electrons. The zero-order valence-electron chi connectivity index (χ0n) is 54.4. The number of imidazole rings is 1. The minimum absolute atomic E-state index is 0. The molecule has 0 aliphatic carbocycles. The summed E-state index contributed by atoms with van der Waals surface area (Å²) in [5.41, 5.74) is 30.1. The second-order valence-electron chi connectivity index (χ2n) is 26.9. The molecule has 0 saturated carbocycles. The number of nitrogens with one attached hydrogen (secondary N) is 1. The Labute approximate surface area is 550 Å². The maximum absolute atomic E-state index is 14.4. The predicted molar refractivity (Wildman–Crippen MR) is 337 cm³/mol. The number of rotatable bonds is 26. The Balaban J connectivity index is 0.00000453. The van der Waals surface area contributed by atoms with Crippen LogP contribution in [0.5, 0.6) is 0 Å². The van der Waals surface area contributed by atoms with Gasteiger partial charge in [-0.2, -0.15) is 5.70 Å². The van der Waals surface area contributed by atoms with Crippen LogP contribution in [0.4, 0.5) is 0 Å². The van der Waals surface area contributed by atoms with E-state index in [2.05, 4.69) is 10.3 Å². The largest absolute Gasteiger partial charge is 2.00 e. The van der Waals surface area contributed by atoms with Gasteiger partial charge in [-0.3, -0.25) is 57.6 Å². The second-order valence-corrected chi connectivity index (χ2v) is 28.3. The zero-order chi connectivity index (χ0) is 68.7. The van der Waals surface area contributed by atoms with Crippen LogP contribution in [0.1, 0.15) is 150 Å². The number of phosphoric ester groups is 1. The molecule has 2 fully saturated rings. The number of allylic oxidation sites excluding steroid dienone is 6. The number of aliphatic hydroxyl groups is 2. The summed E-state index contributed by atoms with van der Waals surface area (Å²) in [5.74, 6) is -8.09. The first kappa shape index (κ1) is 75.0. The molecular formula is C63H88CoN13O15P. The molecule has 93 heavy (non-hydrogen) atoms. The number of fused-ring (bicyclic) bond motifs is 7. The van der Waals surface area contributed by atoms with Crippen molar-refractivity contribution in [2.45, 2.75) is 189 Å². The van der Waals surface area contributed by atoms with Crippen molar-refractivity contribution in [2.75, 3.05) is 13.2 Å². The summed E-state index contributed by atoms with van der Waals surface area (Å²) in [5, 5.41) is 47.1. The number of amides is 6. The fourth-order valence-corrected chi connectivity index (χ4v) is 16.4. The number of phosphoric acid groups is 1. The molecule has 2 aromatic rings. The average Bonchev–Trinajstić information content (AvgIpc) is 1.53. The Kier molecular flexibility index (Phi) is 23.0. The van der Waals surface area contributed by atoms with Crippen molar-refractivity contribution in [3.8, 4) is 0 Å². The van der Waals surface area contributed by atoms with Crippen molar-refractivity contribution in [3.63, 3.8) is 0 Å². The molecule has 15 N–H and O–H groups in total. The number of hydrogen-bond donors (Lipinski definition) is 10. The molecule has 6 aliphatic rings. The number of benzene rings is 1. The van der Waals surface area contributed by atoms with Gasteiger partial charge in [0.25, 0.3) is 0 Å². The van der Waals surface area contributed by atoms with Gasteiger partial charge in [-0.25, -0.2) is 9.55 Å². The van der Waals surface area contributed by atoms with Crippen molar-refractivity contribution in [1.82, 2.24) is 14.9 Å². The number of hydrogen-bond acceptors (Lipinski definition) is 18. The van der Waals surface area contributed by atoms with E-state index in [0.29, 0.717) is 56.4 Å². The summed E-state index contributed by atoms with van der Waals surface area (Å²) in [6.07, 6.45) is -4.99. The molecule has 1 radical (unpaired) electrons. The van der Waals surface area contributed by atoms with Gasteiger partial charge in [0.05, 0.1) is 47.7 Å². The van der Waals surface area contributed by atoms with Gasteiger partial charge in [0.1, 0.15) is 18.3 Å². The molecule has 8 rings (SSSR count). The van der Waals surface area contributed by atoms with E-state index in [1.807, 2.05) is 53.7 Å². The number of aliphatic hydroxyl groups excluding tert-OH is 2. The molecule has 2 saturated heterocycles. The first-order valence-electron chi connectivity index (χ1n) is 30.7. The number of aliphatic imine (C=N–C) groups is 3. The van der Waals surface area contributed by atoms with Gasteiger partial charge < -0.3 is 80.7 Å². The molecular weight excluding hydrogens is 1270 g/mol. The van der Waals surface area contributed by atoms with Crippen molar-refractivity contribution >= 4 is 77.4 Å². The summed E-state index contributed by atoms with van der Waals surface area (Å²) < 4.78 is 32.2. The van der Waals surface area contributed by atoms with Crippen LogP contribution in [0, 0.1) is 71.0 Å². The van der Waals surface area contributed by atoms with Crippen LogP contribution in [-0.4, -0.2) is 137 Å². The van der Waals surface area contributed by atoms with E-state index < -0.39 is 150 Å². The van der Waals surface area contributed by atoms with Crippen LogP contribution < -0.4 is 34.0 Å². The van der Waals surface area contributed by atoms with Gasteiger partial charge in [-0.05, 0) is 119 Å². The van der Waals surface area contributed by atoms with Gasteiger partial charge in [0.15, 0.2) is 6.23 Å².